The second-order valence-electron chi connectivity index (χ2n) is 11.9. The second kappa shape index (κ2) is 7.58. The minimum absolute atomic E-state index is 0.150. The highest BCUT2D eigenvalue weighted by Crippen LogP contribution is 2.57. The van der Waals surface area contributed by atoms with Crippen molar-refractivity contribution in [2.75, 3.05) is 32.8 Å². The van der Waals surface area contributed by atoms with Gasteiger partial charge in [0.15, 0.2) is 5.82 Å². The van der Waals surface area contributed by atoms with Gasteiger partial charge in [0, 0.05) is 61.1 Å². The number of likely N-dealkylation sites (tertiary alicyclic amines) is 2. The minimum atomic E-state index is -4.40. The molecule has 2 saturated heterocycles. The Morgan fingerprint density at radius 1 is 1.03 bits per heavy atom. The molecule has 5 aliphatic rings. The molecule has 1 N–H and O–H groups in total. The topological polar surface area (TPSA) is 87.2 Å². The number of carbonyl (C=O) groups excluding carboxylic acids is 1. The molecule has 2 aromatic heterocycles. The molecule has 0 aromatic carbocycles. The number of hydrogen-bond acceptors (Lipinski definition) is 5. The molecule has 0 unspecified atom stereocenters. The molecule has 11 heteroatoms. The highest BCUT2D eigenvalue weighted by atomic mass is 19.4. The lowest BCUT2D eigenvalue weighted by Crippen LogP contribution is -2.71. The van der Waals surface area contributed by atoms with E-state index in [0.29, 0.717) is 24.4 Å². The fourth-order valence-electron chi connectivity index (χ4n) is 6.81. The van der Waals surface area contributed by atoms with Crippen LogP contribution in [0.15, 0.2) is 18.3 Å². The molecule has 0 atom stereocenters. The number of nitrogens with zero attached hydrogens (tertiary/aromatic N) is 5. The summed E-state index contributed by atoms with van der Waals surface area (Å²) in [6.45, 7) is 3.68. The zero-order valence-corrected chi connectivity index (χ0v) is 19.9. The SMILES string of the molecule is O=C(N1CC2(CC(COc3ccc(C(F)(F)F)cn3)C2)C1)N1CC2(CC(c3n[nH]c(C4CC4)n3)C2)C1. The molecule has 8 nitrogen and oxygen atoms in total. The molecule has 2 amide bonds. The number of H-pyrrole nitrogens is 1. The Kier molecular flexibility index (Phi) is 4.71. The summed E-state index contributed by atoms with van der Waals surface area (Å²) >= 11 is 0. The number of amides is 2. The van der Waals surface area contributed by atoms with E-state index in [-0.39, 0.29) is 22.7 Å². The Bertz CT molecular complexity index is 1150. The van der Waals surface area contributed by atoms with Crippen molar-refractivity contribution < 1.29 is 22.7 Å². The first-order chi connectivity index (χ1) is 17.2. The lowest BCUT2D eigenvalue weighted by molar-refractivity contribution is -0.137. The molecule has 192 valence electrons. The average molecular weight is 503 g/mol. The maximum absolute atomic E-state index is 12.9. The van der Waals surface area contributed by atoms with Gasteiger partial charge in [-0.3, -0.25) is 5.10 Å². The largest absolute Gasteiger partial charge is 0.477 e. The quantitative estimate of drug-likeness (QED) is 0.663. The zero-order chi connectivity index (χ0) is 24.7. The number of ether oxygens (including phenoxy) is 1. The Hall–Kier alpha value is -2.85. The standard InChI is InChI=1S/C25H29F3N6O2/c26-25(27,28)18-3-4-19(29-9-18)36-10-15-5-23(6-15)11-33(12-23)22(35)34-13-24(14-34)7-17(8-24)21-30-20(31-32-21)16-1-2-16/h3-4,9,15-17H,1-2,5-8,10-14H2,(H,30,31,32). The van der Waals surface area contributed by atoms with Gasteiger partial charge in [0.1, 0.15) is 5.82 Å². The summed E-state index contributed by atoms with van der Waals surface area (Å²) in [5.74, 6) is 3.57. The van der Waals surface area contributed by atoms with Gasteiger partial charge >= 0.3 is 12.2 Å². The van der Waals surface area contributed by atoms with Crippen molar-refractivity contribution in [2.24, 2.45) is 16.7 Å². The Labute approximate surface area is 206 Å². The van der Waals surface area contributed by atoms with Gasteiger partial charge in [-0.25, -0.2) is 14.8 Å². The summed E-state index contributed by atoms with van der Waals surface area (Å²) in [5.41, 5.74) is -0.333. The van der Waals surface area contributed by atoms with Crippen molar-refractivity contribution >= 4 is 6.03 Å². The molecule has 36 heavy (non-hydrogen) atoms. The zero-order valence-electron chi connectivity index (χ0n) is 19.9. The fourth-order valence-corrected chi connectivity index (χ4v) is 6.81. The van der Waals surface area contributed by atoms with Crippen LogP contribution in [0.25, 0.3) is 0 Å². The summed E-state index contributed by atoms with van der Waals surface area (Å²) in [4.78, 5) is 25.3. The first kappa shape index (κ1) is 22.4. The van der Waals surface area contributed by atoms with E-state index < -0.39 is 11.7 Å². The number of hydrogen-bond donors (Lipinski definition) is 1. The third-order valence-corrected chi connectivity index (χ3v) is 8.83. The normalized spacial score (nSPS) is 24.8. The third-order valence-electron chi connectivity index (χ3n) is 8.83. The minimum Gasteiger partial charge on any atom is -0.477 e. The summed E-state index contributed by atoms with van der Waals surface area (Å²) in [6.07, 6.45) is 2.92. The van der Waals surface area contributed by atoms with Gasteiger partial charge in [-0.1, -0.05) is 0 Å². The number of aromatic amines is 1. The summed E-state index contributed by atoms with van der Waals surface area (Å²) in [7, 11) is 0. The maximum Gasteiger partial charge on any atom is 0.417 e. The molecular formula is C25H29F3N6O2. The van der Waals surface area contributed by atoms with Crippen molar-refractivity contribution in [1.82, 2.24) is 30.0 Å². The maximum atomic E-state index is 12.9. The molecule has 0 radical (unpaired) electrons. The molecule has 3 saturated carbocycles. The number of alkyl halides is 3. The van der Waals surface area contributed by atoms with Crippen molar-refractivity contribution in [2.45, 2.75) is 56.5 Å². The number of aromatic nitrogens is 4. The summed E-state index contributed by atoms with van der Waals surface area (Å²) in [5, 5.41) is 7.53. The molecule has 2 aromatic rings. The first-order valence-corrected chi connectivity index (χ1v) is 12.8. The van der Waals surface area contributed by atoms with Gasteiger partial charge in [0.25, 0.3) is 0 Å². The number of urea groups is 1. The van der Waals surface area contributed by atoms with E-state index in [1.807, 2.05) is 9.80 Å². The predicted octanol–water partition coefficient (Wildman–Crippen LogP) is 4.19. The Morgan fingerprint density at radius 2 is 1.69 bits per heavy atom. The van der Waals surface area contributed by atoms with Crippen LogP contribution in [0.1, 0.15) is 67.6 Å². The van der Waals surface area contributed by atoms with Gasteiger partial charge in [-0.15, -0.1) is 0 Å². The molecular weight excluding hydrogens is 473 g/mol. The van der Waals surface area contributed by atoms with Crippen LogP contribution in [0.4, 0.5) is 18.0 Å². The average Bonchev–Trinajstić information content (AvgIpc) is 3.47. The van der Waals surface area contributed by atoms with Crippen LogP contribution < -0.4 is 4.74 Å². The van der Waals surface area contributed by atoms with Gasteiger partial charge in [0.2, 0.25) is 5.88 Å². The number of carbonyl (C=O) groups is 1. The van der Waals surface area contributed by atoms with Crippen LogP contribution >= 0.6 is 0 Å². The predicted molar refractivity (Wildman–Crippen MR) is 121 cm³/mol. The van der Waals surface area contributed by atoms with Gasteiger partial charge in [-0.05, 0) is 50.5 Å². The van der Waals surface area contributed by atoms with Crippen LogP contribution in [0, 0.1) is 16.7 Å². The van der Waals surface area contributed by atoms with Crippen molar-refractivity contribution in [3.05, 3.63) is 35.5 Å². The highest BCUT2D eigenvalue weighted by molar-refractivity contribution is 5.77. The lowest BCUT2D eigenvalue weighted by Gasteiger charge is -2.63. The highest BCUT2D eigenvalue weighted by Gasteiger charge is 2.59. The third kappa shape index (κ3) is 3.82. The van der Waals surface area contributed by atoms with Crippen molar-refractivity contribution in [3.8, 4) is 5.88 Å². The molecule has 2 spiro atoms. The molecule has 2 aliphatic heterocycles. The number of rotatable bonds is 5. The fraction of sp³-hybridized carbons (Fsp3) is 0.680. The van der Waals surface area contributed by atoms with Crippen LogP contribution in [0.2, 0.25) is 0 Å². The lowest BCUT2D eigenvalue weighted by atomic mass is 9.57. The van der Waals surface area contributed by atoms with E-state index in [0.717, 1.165) is 75.8 Å². The van der Waals surface area contributed by atoms with E-state index in [9.17, 15) is 18.0 Å². The number of pyridine rings is 1. The summed E-state index contributed by atoms with van der Waals surface area (Å²) < 4.78 is 43.5. The number of halogens is 3. The van der Waals surface area contributed by atoms with E-state index >= 15 is 0 Å². The Balaban J connectivity index is 0.815. The number of nitrogens with one attached hydrogen (secondary N) is 1. The Morgan fingerprint density at radius 3 is 2.28 bits per heavy atom. The van der Waals surface area contributed by atoms with E-state index in [1.54, 1.807) is 0 Å². The molecule has 7 rings (SSSR count). The first-order valence-electron chi connectivity index (χ1n) is 12.8. The molecule has 4 heterocycles. The van der Waals surface area contributed by atoms with E-state index in [2.05, 4.69) is 15.2 Å². The van der Waals surface area contributed by atoms with Gasteiger partial charge in [0.05, 0.1) is 12.2 Å². The van der Waals surface area contributed by atoms with Crippen molar-refractivity contribution in [1.29, 1.82) is 0 Å². The molecule has 5 fully saturated rings. The summed E-state index contributed by atoms with van der Waals surface area (Å²) in [6, 6.07) is 2.40. The van der Waals surface area contributed by atoms with E-state index in [1.165, 1.54) is 18.9 Å². The van der Waals surface area contributed by atoms with Gasteiger partial charge < -0.3 is 14.5 Å². The van der Waals surface area contributed by atoms with Crippen LogP contribution in [0.5, 0.6) is 5.88 Å². The molecule has 0 bridgehead atoms. The van der Waals surface area contributed by atoms with Crippen LogP contribution in [-0.4, -0.2) is 68.8 Å². The monoisotopic (exact) mass is 502 g/mol. The van der Waals surface area contributed by atoms with Crippen molar-refractivity contribution in [3.63, 3.8) is 0 Å². The van der Waals surface area contributed by atoms with Gasteiger partial charge in [-0.2, -0.15) is 18.3 Å². The second-order valence-corrected chi connectivity index (χ2v) is 11.9. The van der Waals surface area contributed by atoms with Crippen LogP contribution in [0.3, 0.4) is 0 Å². The van der Waals surface area contributed by atoms with Crippen LogP contribution in [-0.2, 0) is 6.18 Å². The van der Waals surface area contributed by atoms with E-state index in [4.69, 9.17) is 9.72 Å². The smallest absolute Gasteiger partial charge is 0.417 e. The molecule has 3 aliphatic carbocycles.